The van der Waals surface area contributed by atoms with Gasteiger partial charge in [-0.2, -0.15) is 0 Å². The van der Waals surface area contributed by atoms with Gasteiger partial charge in [-0.15, -0.1) is 0 Å². The Morgan fingerprint density at radius 3 is 2.65 bits per heavy atom. The molecule has 26 heavy (non-hydrogen) atoms. The second kappa shape index (κ2) is 6.95. The first-order valence-electron chi connectivity index (χ1n) is 8.03. The number of fused-ring (bicyclic) bond motifs is 2. The molecule has 3 aromatic rings. The summed E-state index contributed by atoms with van der Waals surface area (Å²) < 4.78 is 18.0. The zero-order chi connectivity index (χ0) is 18.8. The van der Waals surface area contributed by atoms with Crippen molar-refractivity contribution in [2.45, 2.75) is 20.8 Å². The molecule has 0 unspecified atom stereocenters. The Balaban J connectivity index is 0.000000151. The number of anilines is 1. The number of ether oxygens (including phenoxy) is 1. The highest BCUT2D eigenvalue weighted by molar-refractivity contribution is 5.95. The molecule has 0 fully saturated rings. The smallest absolute Gasteiger partial charge is 0.269 e. The Bertz CT molecular complexity index is 1060. The lowest BCUT2D eigenvalue weighted by Crippen LogP contribution is -2.25. The van der Waals surface area contributed by atoms with Crippen molar-refractivity contribution in [2.75, 3.05) is 11.9 Å². The monoisotopic (exact) mass is 355 g/mol. The molecular formula is C19H18FN3O3. The van der Waals surface area contributed by atoms with Crippen molar-refractivity contribution in [3.05, 3.63) is 63.3 Å². The summed E-state index contributed by atoms with van der Waals surface area (Å²) in [5, 5.41) is 2.60. The molecule has 7 heteroatoms. The van der Waals surface area contributed by atoms with Gasteiger partial charge in [0.05, 0.1) is 16.7 Å². The van der Waals surface area contributed by atoms with Crippen LogP contribution in [0.3, 0.4) is 0 Å². The Hall–Kier alpha value is -3.22. The van der Waals surface area contributed by atoms with Crippen LogP contribution in [-0.2, 0) is 4.79 Å². The van der Waals surface area contributed by atoms with Crippen molar-refractivity contribution in [3.63, 3.8) is 0 Å². The van der Waals surface area contributed by atoms with E-state index >= 15 is 0 Å². The first-order chi connectivity index (χ1) is 12.3. The highest BCUT2D eigenvalue weighted by Gasteiger charge is 2.17. The zero-order valence-corrected chi connectivity index (χ0v) is 14.6. The summed E-state index contributed by atoms with van der Waals surface area (Å²) in [5.41, 5.74) is 4.18. The van der Waals surface area contributed by atoms with E-state index in [2.05, 4.69) is 15.3 Å². The van der Waals surface area contributed by atoms with Crippen LogP contribution in [0.1, 0.15) is 16.8 Å². The zero-order valence-electron chi connectivity index (χ0n) is 14.6. The standard InChI is InChI=1S/C10H10N2O.C9H8FNO2/c1-6-3-4-8-9(5-6)12-10(13)7(2)11-8;1-5-2-7-8(3-6(5)10)13-4-9(12)11-7/h3-5H,1-2H3,(H,12,13);2-3H,4H2,1H3,(H,11,12). The molecule has 0 atom stereocenters. The fourth-order valence-corrected chi connectivity index (χ4v) is 2.50. The minimum absolute atomic E-state index is 0.0461. The van der Waals surface area contributed by atoms with Crippen LogP contribution in [0.25, 0.3) is 11.0 Å². The molecule has 2 heterocycles. The van der Waals surface area contributed by atoms with Gasteiger partial charge in [-0.05, 0) is 50.1 Å². The van der Waals surface area contributed by atoms with Crippen LogP contribution in [0.15, 0.2) is 35.1 Å². The summed E-state index contributed by atoms with van der Waals surface area (Å²) in [5.74, 6) is -0.142. The van der Waals surface area contributed by atoms with Gasteiger partial charge < -0.3 is 15.0 Å². The van der Waals surface area contributed by atoms with Crippen LogP contribution in [0.2, 0.25) is 0 Å². The molecule has 0 bridgehead atoms. The minimum Gasteiger partial charge on any atom is -0.481 e. The number of aryl methyl sites for hydroxylation is 3. The maximum Gasteiger partial charge on any atom is 0.269 e. The maximum absolute atomic E-state index is 13.0. The molecule has 2 N–H and O–H groups in total. The lowest BCUT2D eigenvalue weighted by Gasteiger charge is -2.18. The van der Waals surface area contributed by atoms with Gasteiger partial charge in [0.15, 0.2) is 6.61 Å². The summed E-state index contributed by atoms with van der Waals surface area (Å²) in [6.45, 7) is 5.28. The minimum atomic E-state index is -0.324. The number of aromatic nitrogens is 2. The lowest BCUT2D eigenvalue weighted by atomic mass is 10.2. The second-order valence-corrected chi connectivity index (χ2v) is 6.11. The van der Waals surface area contributed by atoms with Gasteiger partial charge >= 0.3 is 0 Å². The summed E-state index contributed by atoms with van der Waals surface area (Å²) in [4.78, 5) is 29.1. The van der Waals surface area contributed by atoms with E-state index in [-0.39, 0.29) is 23.9 Å². The van der Waals surface area contributed by atoms with Crippen molar-refractivity contribution >= 4 is 22.6 Å². The fraction of sp³-hybridized carbons (Fsp3) is 0.211. The molecule has 0 spiro atoms. The van der Waals surface area contributed by atoms with Gasteiger partial charge in [0, 0.05) is 6.07 Å². The van der Waals surface area contributed by atoms with Crippen LogP contribution in [0.5, 0.6) is 5.75 Å². The molecule has 0 aliphatic carbocycles. The van der Waals surface area contributed by atoms with Gasteiger partial charge in [0.25, 0.3) is 11.5 Å². The molecular weight excluding hydrogens is 337 g/mol. The van der Waals surface area contributed by atoms with Gasteiger partial charge in [-0.1, -0.05) is 6.07 Å². The van der Waals surface area contributed by atoms with Crippen LogP contribution in [-0.4, -0.2) is 22.5 Å². The van der Waals surface area contributed by atoms with Crippen LogP contribution >= 0.6 is 0 Å². The fourth-order valence-electron chi connectivity index (χ4n) is 2.50. The predicted octanol–water partition coefficient (Wildman–Crippen LogP) is 3.00. The van der Waals surface area contributed by atoms with Crippen molar-refractivity contribution in [1.29, 1.82) is 0 Å². The number of nitrogens with zero attached hydrogens (tertiary/aromatic N) is 1. The average molecular weight is 355 g/mol. The van der Waals surface area contributed by atoms with Crippen LogP contribution in [0, 0.1) is 26.6 Å². The van der Waals surface area contributed by atoms with E-state index in [1.165, 1.54) is 6.07 Å². The second-order valence-electron chi connectivity index (χ2n) is 6.11. The molecule has 1 amide bonds. The third kappa shape index (κ3) is 3.72. The molecule has 2 aromatic carbocycles. The first-order valence-corrected chi connectivity index (χ1v) is 8.03. The number of hydrogen-bond donors (Lipinski definition) is 2. The Morgan fingerprint density at radius 1 is 1.12 bits per heavy atom. The van der Waals surface area contributed by atoms with Crippen molar-refractivity contribution in [1.82, 2.24) is 9.97 Å². The van der Waals surface area contributed by atoms with Gasteiger partial charge in [-0.3, -0.25) is 9.59 Å². The number of halogens is 1. The number of nitrogens with one attached hydrogen (secondary N) is 2. The number of carbonyl (C=O) groups excluding carboxylic acids is 1. The number of amides is 1. The number of benzene rings is 2. The van der Waals surface area contributed by atoms with E-state index in [0.717, 1.165) is 16.6 Å². The molecule has 6 nitrogen and oxygen atoms in total. The third-order valence-electron chi connectivity index (χ3n) is 3.91. The Kier molecular flexibility index (Phi) is 4.71. The maximum atomic E-state index is 13.0. The highest BCUT2D eigenvalue weighted by atomic mass is 19.1. The molecule has 0 radical (unpaired) electrons. The topological polar surface area (TPSA) is 84.1 Å². The van der Waals surface area contributed by atoms with Crippen molar-refractivity contribution < 1.29 is 13.9 Å². The van der Waals surface area contributed by atoms with E-state index in [1.807, 2.05) is 25.1 Å². The summed E-state index contributed by atoms with van der Waals surface area (Å²) >= 11 is 0. The molecule has 134 valence electrons. The number of H-pyrrole nitrogens is 1. The molecule has 1 aliphatic rings. The van der Waals surface area contributed by atoms with Crippen molar-refractivity contribution in [2.24, 2.45) is 0 Å². The van der Waals surface area contributed by atoms with Gasteiger partial charge in [0.1, 0.15) is 17.3 Å². The molecule has 4 rings (SSSR count). The summed E-state index contributed by atoms with van der Waals surface area (Å²) in [7, 11) is 0. The molecule has 0 saturated carbocycles. The number of rotatable bonds is 0. The largest absolute Gasteiger partial charge is 0.481 e. The summed E-state index contributed by atoms with van der Waals surface area (Å²) in [6.07, 6.45) is 0. The van der Waals surface area contributed by atoms with Crippen LogP contribution < -0.4 is 15.6 Å². The first kappa shape index (κ1) is 17.6. The SMILES string of the molecule is Cc1cc2c(cc1F)OCC(=O)N2.Cc1ccc2nc(C)c(=O)[nH]c2c1. The quantitative estimate of drug-likeness (QED) is 0.649. The number of carbonyl (C=O) groups is 1. The highest BCUT2D eigenvalue weighted by Crippen LogP contribution is 2.29. The van der Waals surface area contributed by atoms with E-state index in [0.29, 0.717) is 22.7 Å². The molecule has 1 aromatic heterocycles. The molecule has 0 saturated heterocycles. The Labute approximate surface area is 149 Å². The molecule has 1 aliphatic heterocycles. The van der Waals surface area contributed by atoms with E-state index in [9.17, 15) is 14.0 Å². The number of aromatic amines is 1. The average Bonchev–Trinajstić information content (AvgIpc) is 2.58. The van der Waals surface area contributed by atoms with Crippen molar-refractivity contribution in [3.8, 4) is 5.75 Å². The van der Waals surface area contributed by atoms with Gasteiger partial charge in [0.2, 0.25) is 0 Å². The van der Waals surface area contributed by atoms with E-state index < -0.39 is 0 Å². The summed E-state index contributed by atoms with van der Waals surface area (Å²) in [6, 6.07) is 8.65. The lowest BCUT2D eigenvalue weighted by molar-refractivity contribution is -0.118. The third-order valence-corrected chi connectivity index (χ3v) is 3.91. The predicted molar refractivity (Wildman–Crippen MR) is 97.1 cm³/mol. The Morgan fingerprint density at radius 2 is 1.88 bits per heavy atom. The van der Waals surface area contributed by atoms with Crippen LogP contribution in [0.4, 0.5) is 10.1 Å². The normalized spacial score (nSPS) is 12.5. The number of hydrogen-bond acceptors (Lipinski definition) is 4. The van der Waals surface area contributed by atoms with E-state index in [1.54, 1.807) is 19.9 Å². The van der Waals surface area contributed by atoms with Gasteiger partial charge in [-0.25, -0.2) is 9.37 Å². The van der Waals surface area contributed by atoms with E-state index in [4.69, 9.17) is 4.74 Å².